The van der Waals surface area contributed by atoms with E-state index < -0.39 is 0 Å². The summed E-state index contributed by atoms with van der Waals surface area (Å²) < 4.78 is 2.15. The number of hydrogen-bond acceptors (Lipinski definition) is 4. The van der Waals surface area contributed by atoms with Gasteiger partial charge in [0.15, 0.2) is 0 Å². The molecule has 1 aromatic carbocycles. The van der Waals surface area contributed by atoms with Crippen LogP contribution in [0.15, 0.2) is 42.7 Å². The highest BCUT2D eigenvalue weighted by atomic mass is 15.1. The standard InChI is InChI=1S/C18H19N5/c1-14-20-8-11-23(14)10-5-9-22(2)18-12-15(13-19)21-17-7-4-3-6-16(17)18/h3-4,6-8,11-12H,5,9-10H2,1-2H3. The topological polar surface area (TPSA) is 57.7 Å². The highest BCUT2D eigenvalue weighted by molar-refractivity contribution is 5.92. The third-order valence-electron chi connectivity index (χ3n) is 4.04. The third-order valence-corrected chi connectivity index (χ3v) is 4.04. The van der Waals surface area contributed by atoms with Gasteiger partial charge in [0.05, 0.1) is 5.52 Å². The molecule has 0 spiro atoms. The number of para-hydroxylation sites is 1. The molecule has 0 N–H and O–H groups in total. The van der Waals surface area contributed by atoms with E-state index in [9.17, 15) is 5.26 Å². The second kappa shape index (κ2) is 6.49. The van der Waals surface area contributed by atoms with E-state index in [-0.39, 0.29) is 0 Å². The Morgan fingerprint density at radius 1 is 1.30 bits per heavy atom. The van der Waals surface area contributed by atoms with Crippen molar-refractivity contribution >= 4 is 16.6 Å². The monoisotopic (exact) mass is 305 g/mol. The summed E-state index contributed by atoms with van der Waals surface area (Å²) in [6, 6.07) is 12.0. The fraction of sp³-hybridized carbons (Fsp3) is 0.278. The summed E-state index contributed by atoms with van der Waals surface area (Å²) >= 11 is 0. The van der Waals surface area contributed by atoms with Gasteiger partial charge >= 0.3 is 0 Å². The van der Waals surface area contributed by atoms with Gasteiger partial charge in [0.25, 0.3) is 0 Å². The van der Waals surface area contributed by atoms with E-state index in [1.165, 1.54) is 0 Å². The van der Waals surface area contributed by atoms with E-state index >= 15 is 0 Å². The Morgan fingerprint density at radius 3 is 2.87 bits per heavy atom. The molecule has 0 aliphatic carbocycles. The first-order chi connectivity index (χ1) is 11.2. The molecule has 0 saturated heterocycles. The molecule has 0 atom stereocenters. The SMILES string of the molecule is Cc1nccn1CCCN(C)c1cc(C#N)nc2ccccc12. The Bertz CT molecular complexity index is 859. The Morgan fingerprint density at radius 2 is 2.13 bits per heavy atom. The second-order valence-electron chi connectivity index (χ2n) is 5.60. The molecule has 0 amide bonds. The summed E-state index contributed by atoms with van der Waals surface area (Å²) in [7, 11) is 2.06. The minimum Gasteiger partial charge on any atom is -0.374 e. The summed E-state index contributed by atoms with van der Waals surface area (Å²) in [4.78, 5) is 10.8. The van der Waals surface area contributed by atoms with Crippen molar-refractivity contribution in [3.8, 4) is 6.07 Å². The zero-order valence-electron chi connectivity index (χ0n) is 13.4. The molecule has 0 bridgehead atoms. The lowest BCUT2D eigenvalue weighted by atomic mass is 10.1. The fourth-order valence-corrected chi connectivity index (χ4v) is 2.77. The first-order valence-electron chi connectivity index (χ1n) is 7.68. The second-order valence-corrected chi connectivity index (χ2v) is 5.60. The van der Waals surface area contributed by atoms with Gasteiger partial charge in [-0.2, -0.15) is 5.26 Å². The van der Waals surface area contributed by atoms with E-state index in [1.54, 1.807) is 0 Å². The molecule has 5 nitrogen and oxygen atoms in total. The third kappa shape index (κ3) is 3.16. The molecule has 0 radical (unpaired) electrons. The number of nitriles is 1. The van der Waals surface area contributed by atoms with Gasteiger partial charge in [0.1, 0.15) is 17.6 Å². The molecule has 0 fully saturated rings. The summed E-state index contributed by atoms with van der Waals surface area (Å²) in [6.45, 7) is 3.85. The smallest absolute Gasteiger partial charge is 0.143 e. The summed E-state index contributed by atoms with van der Waals surface area (Å²) in [5.74, 6) is 1.04. The van der Waals surface area contributed by atoms with Crippen molar-refractivity contribution in [2.75, 3.05) is 18.5 Å². The molecule has 2 heterocycles. The van der Waals surface area contributed by atoms with Gasteiger partial charge in [-0.3, -0.25) is 0 Å². The number of pyridine rings is 1. The largest absolute Gasteiger partial charge is 0.374 e. The molecule has 0 aliphatic rings. The Kier molecular flexibility index (Phi) is 4.24. The molecule has 3 rings (SSSR count). The Labute approximate surface area is 135 Å². The normalized spacial score (nSPS) is 10.7. The van der Waals surface area contributed by atoms with Crippen molar-refractivity contribution in [1.29, 1.82) is 5.26 Å². The predicted molar refractivity (Wildman–Crippen MR) is 91.3 cm³/mol. The van der Waals surface area contributed by atoms with Gasteiger partial charge in [-0.25, -0.2) is 9.97 Å². The van der Waals surface area contributed by atoms with Crippen LogP contribution in [0.25, 0.3) is 10.9 Å². The van der Waals surface area contributed by atoms with Crippen LogP contribution in [-0.2, 0) is 6.54 Å². The van der Waals surface area contributed by atoms with Crippen LogP contribution in [0.3, 0.4) is 0 Å². The highest BCUT2D eigenvalue weighted by Gasteiger charge is 2.09. The molecular formula is C18H19N5. The van der Waals surface area contributed by atoms with Gasteiger partial charge in [0, 0.05) is 43.6 Å². The van der Waals surface area contributed by atoms with E-state index in [0.717, 1.165) is 41.9 Å². The van der Waals surface area contributed by atoms with Crippen molar-refractivity contribution in [2.45, 2.75) is 19.9 Å². The van der Waals surface area contributed by atoms with Gasteiger partial charge in [-0.05, 0) is 25.5 Å². The number of hydrogen-bond donors (Lipinski definition) is 0. The molecular weight excluding hydrogens is 286 g/mol. The lowest BCUT2D eigenvalue weighted by molar-refractivity contribution is 0.623. The maximum absolute atomic E-state index is 9.19. The molecule has 2 aromatic heterocycles. The minimum absolute atomic E-state index is 0.455. The van der Waals surface area contributed by atoms with Crippen molar-refractivity contribution in [1.82, 2.24) is 14.5 Å². The van der Waals surface area contributed by atoms with Crippen LogP contribution in [0, 0.1) is 18.3 Å². The number of nitrogens with zero attached hydrogens (tertiary/aromatic N) is 5. The predicted octanol–water partition coefficient (Wildman–Crippen LogP) is 3.14. The first kappa shape index (κ1) is 15.0. The van der Waals surface area contributed by atoms with Gasteiger partial charge < -0.3 is 9.47 Å². The van der Waals surface area contributed by atoms with Crippen LogP contribution >= 0.6 is 0 Å². The first-order valence-corrected chi connectivity index (χ1v) is 7.68. The van der Waals surface area contributed by atoms with E-state index in [0.29, 0.717) is 5.69 Å². The summed E-state index contributed by atoms with van der Waals surface area (Å²) in [5, 5.41) is 10.3. The van der Waals surface area contributed by atoms with Crippen LogP contribution in [0.2, 0.25) is 0 Å². The number of anilines is 1. The molecule has 0 unspecified atom stereocenters. The van der Waals surface area contributed by atoms with Crippen molar-refractivity contribution in [3.05, 3.63) is 54.2 Å². The summed E-state index contributed by atoms with van der Waals surface area (Å²) in [5.41, 5.74) is 2.37. The Hall–Kier alpha value is -2.87. The maximum atomic E-state index is 9.19. The average Bonchev–Trinajstić information content (AvgIpc) is 2.98. The molecule has 23 heavy (non-hydrogen) atoms. The zero-order chi connectivity index (χ0) is 16.2. The quantitative estimate of drug-likeness (QED) is 0.726. The number of fused-ring (bicyclic) bond motifs is 1. The molecule has 116 valence electrons. The van der Waals surface area contributed by atoms with E-state index in [2.05, 4.69) is 38.6 Å². The average molecular weight is 305 g/mol. The van der Waals surface area contributed by atoms with Gasteiger partial charge in [-0.1, -0.05) is 18.2 Å². The number of imidazole rings is 1. The van der Waals surface area contributed by atoms with Gasteiger partial charge in [-0.15, -0.1) is 0 Å². The highest BCUT2D eigenvalue weighted by Crippen LogP contribution is 2.26. The number of benzene rings is 1. The van der Waals surface area contributed by atoms with Crippen LogP contribution in [0.5, 0.6) is 0 Å². The van der Waals surface area contributed by atoms with Gasteiger partial charge in [0.2, 0.25) is 0 Å². The van der Waals surface area contributed by atoms with Crippen LogP contribution in [0.1, 0.15) is 17.9 Å². The lowest BCUT2D eigenvalue weighted by Gasteiger charge is -2.21. The number of rotatable bonds is 5. The van der Waals surface area contributed by atoms with Crippen molar-refractivity contribution in [3.63, 3.8) is 0 Å². The number of aromatic nitrogens is 3. The lowest BCUT2D eigenvalue weighted by Crippen LogP contribution is -2.20. The summed E-state index contributed by atoms with van der Waals surface area (Å²) in [6.07, 6.45) is 4.84. The van der Waals surface area contributed by atoms with Crippen molar-refractivity contribution in [2.24, 2.45) is 0 Å². The van der Waals surface area contributed by atoms with Crippen LogP contribution in [-0.4, -0.2) is 28.1 Å². The molecule has 0 aliphatic heterocycles. The molecule has 3 aromatic rings. The Balaban J connectivity index is 1.79. The van der Waals surface area contributed by atoms with E-state index in [4.69, 9.17) is 0 Å². The zero-order valence-corrected chi connectivity index (χ0v) is 13.4. The molecule has 5 heteroatoms. The maximum Gasteiger partial charge on any atom is 0.143 e. The minimum atomic E-state index is 0.455. The van der Waals surface area contributed by atoms with E-state index in [1.807, 2.05) is 43.6 Å². The molecule has 0 saturated carbocycles. The van der Waals surface area contributed by atoms with Crippen LogP contribution < -0.4 is 4.90 Å². The van der Waals surface area contributed by atoms with Crippen molar-refractivity contribution < 1.29 is 0 Å². The fourth-order valence-electron chi connectivity index (χ4n) is 2.77. The number of aryl methyl sites for hydroxylation is 2. The van der Waals surface area contributed by atoms with Crippen LogP contribution in [0.4, 0.5) is 5.69 Å².